The average molecular weight is 233 g/mol. The van der Waals surface area contributed by atoms with Crippen LogP contribution in [-0.4, -0.2) is 23.1 Å². The Labute approximate surface area is 90.1 Å². The second-order valence-electron chi connectivity index (χ2n) is 3.28. The third-order valence-corrected chi connectivity index (χ3v) is 3.63. The second-order valence-corrected chi connectivity index (χ2v) is 4.77. The highest BCUT2D eigenvalue weighted by Crippen LogP contribution is 2.12. The molecule has 15 heavy (non-hydrogen) atoms. The number of benzene rings is 1. The summed E-state index contributed by atoms with van der Waals surface area (Å²) in [5.74, 6) is -1.50. The summed E-state index contributed by atoms with van der Waals surface area (Å²) in [6, 6.07) is 3.39. The van der Waals surface area contributed by atoms with E-state index in [0.717, 1.165) is 12.1 Å². The van der Waals surface area contributed by atoms with E-state index in [-0.39, 0.29) is 6.04 Å². The minimum atomic E-state index is -1.30. The molecule has 0 spiro atoms. The molecule has 1 rings (SSSR count). The smallest absolute Gasteiger partial charge is 0.160 e. The lowest BCUT2D eigenvalue weighted by atomic mass is 10.3. The first-order valence-electron chi connectivity index (χ1n) is 4.55. The van der Waals surface area contributed by atoms with Crippen molar-refractivity contribution in [3.63, 3.8) is 0 Å². The summed E-state index contributed by atoms with van der Waals surface area (Å²) in [6.07, 6.45) is 0. The molecule has 5 heteroatoms. The van der Waals surface area contributed by atoms with Crippen LogP contribution in [-0.2, 0) is 10.8 Å². The highest BCUT2D eigenvalue weighted by molar-refractivity contribution is 7.85. The largest absolute Gasteiger partial charge is 0.316 e. The van der Waals surface area contributed by atoms with E-state index < -0.39 is 22.4 Å². The van der Waals surface area contributed by atoms with E-state index >= 15 is 0 Å². The van der Waals surface area contributed by atoms with Crippen LogP contribution < -0.4 is 5.32 Å². The average Bonchev–Trinajstić information content (AvgIpc) is 2.21. The fourth-order valence-electron chi connectivity index (χ4n) is 1.03. The molecule has 1 aromatic carbocycles. The van der Waals surface area contributed by atoms with Crippen molar-refractivity contribution < 1.29 is 13.0 Å². The number of hydrogen-bond donors (Lipinski definition) is 1. The van der Waals surface area contributed by atoms with Gasteiger partial charge in [-0.15, -0.1) is 0 Å². The van der Waals surface area contributed by atoms with E-state index in [1.54, 1.807) is 7.05 Å². The third kappa shape index (κ3) is 3.35. The SMILES string of the molecule is CNC(C)CS(=O)c1ccc(F)c(F)c1. The summed E-state index contributed by atoms with van der Waals surface area (Å²) in [5.41, 5.74) is 0. The van der Waals surface area contributed by atoms with Gasteiger partial charge in [-0.3, -0.25) is 4.21 Å². The number of hydrogen-bond acceptors (Lipinski definition) is 2. The molecule has 0 radical (unpaired) electrons. The zero-order valence-electron chi connectivity index (χ0n) is 8.59. The molecule has 0 aliphatic rings. The van der Waals surface area contributed by atoms with Crippen LogP contribution in [0.1, 0.15) is 6.92 Å². The van der Waals surface area contributed by atoms with E-state index in [0.29, 0.717) is 10.6 Å². The maximum absolute atomic E-state index is 12.8. The van der Waals surface area contributed by atoms with E-state index in [1.165, 1.54) is 6.07 Å². The third-order valence-electron chi connectivity index (χ3n) is 2.05. The van der Waals surface area contributed by atoms with Crippen LogP contribution in [0.5, 0.6) is 0 Å². The summed E-state index contributed by atoms with van der Waals surface area (Å²) in [7, 11) is 0.456. The first kappa shape index (κ1) is 12.3. The molecule has 2 nitrogen and oxygen atoms in total. The van der Waals surface area contributed by atoms with Crippen molar-refractivity contribution in [3.05, 3.63) is 29.8 Å². The van der Waals surface area contributed by atoms with Gasteiger partial charge >= 0.3 is 0 Å². The van der Waals surface area contributed by atoms with Crippen molar-refractivity contribution in [1.82, 2.24) is 5.32 Å². The maximum Gasteiger partial charge on any atom is 0.160 e. The Morgan fingerprint density at radius 2 is 2.07 bits per heavy atom. The van der Waals surface area contributed by atoms with Gasteiger partial charge in [0, 0.05) is 16.7 Å². The molecule has 0 saturated heterocycles. The molecule has 2 unspecified atom stereocenters. The highest BCUT2D eigenvalue weighted by Gasteiger charge is 2.10. The summed E-state index contributed by atoms with van der Waals surface area (Å²) in [4.78, 5) is 0.316. The van der Waals surface area contributed by atoms with Gasteiger partial charge in [-0.25, -0.2) is 8.78 Å². The minimum absolute atomic E-state index is 0.0685. The monoisotopic (exact) mass is 233 g/mol. The van der Waals surface area contributed by atoms with Gasteiger partial charge in [0.15, 0.2) is 11.6 Å². The van der Waals surface area contributed by atoms with Crippen molar-refractivity contribution >= 4 is 10.8 Å². The predicted octanol–water partition coefficient (Wildman–Crippen LogP) is 1.68. The molecule has 0 bridgehead atoms. The minimum Gasteiger partial charge on any atom is -0.316 e. The zero-order valence-corrected chi connectivity index (χ0v) is 9.41. The van der Waals surface area contributed by atoms with Crippen LogP contribution in [0.25, 0.3) is 0 Å². The van der Waals surface area contributed by atoms with Crippen molar-refractivity contribution in [2.75, 3.05) is 12.8 Å². The number of rotatable bonds is 4. The van der Waals surface area contributed by atoms with E-state index in [9.17, 15) is 13.0 Å². The summed E-state index contributed by atoms with van der Waals surface area (Å²) >= 11 is 0. The molecule has 0 aliphatic heterocycles. The fraction of sp³-hybridized carbons (Fsp3) is 0.400. The van der Waals surface area contributed by atoms with Gasteiger partial charge in [0.25, 0.3) is 0 Å². The van der Waals surface area contributed by atoms with Crippen molar-refractivity contribution in [2.45, 2.75) is 17.9 Å². The maximum atomic E-state index is 12.8. The first-order chi connectivity index (χ1) is 7.04. The summed E-state index contributed by atoms with van der Waals surface area (Å²) in [5, 5.41) is 2.93. The second kappa shape index (κ2) is 5.32. The highest BCUT2D eigenvalue weighted by atomic mass is 32.2. The quantitative estimate of drug-likeness (QED) is 0.857. The van der Waals surface area contributed by atoms with Gasteiger partial charge in [-0.2, -0.15) is 0 Å². The van der Waals surface area contributed by atoms with Gasteiger partial charge in [-0.05, 0) is 32.2 Å². The van der Waals surface area contributed by atoms with Crippen LogP contribution in [0, 0.1) is 11.6 Å². The van der Waals surface area contributed by atoms with Crippen LogP contribution in [0.2, 0.25) is 0 Å². The number of nitrogens with one attached hydrogen (secondary N) is 1. The normalized spacial score (nSPS) is 14.9. The fourth-order valence-corrected chi connectivity index (χ4v) is 2.29. The molecule has 0 heterocycles. The van der Waals surface area contributed by atoms with Crippen molar-refractivity contribution in [3.8, 4) is 0 Å². The van der Waals surface area contributed by atoms with Gasteiger partial charge in [0.05, 0.1) is 10.8 Å². The molecule has 1 aromatic rings. The topological polar surface area (TPSA) is 29.1 Å². The van der Waals surface area contributed by atoms with Gasteiger partial charge in [0.1, 0.15) is 0 Å². The molecule has 0 aromatic heterocycles. The molecule has 0 amide bonds. The lowest BCUT2D eigenvalue weighted by Crippen LogP contribution is -2.27. The molecular weight excluding hydrogens is 220 g/mol. The van der Waals surface area contributed by atoms with Crippen LogP contribution in [0.3, 0.4) is 0 Å². The Morgan fingerprint density at radius 1 is 1.40 bits per heavy atom. The molecule has 0 fully saturated rings. The van der Waals surface area contributed by atoms with Crippen LogP contribution >= 0.6 is 0 Å². The molecular formula is C10H13F2NOS. The van der Waals surface area contributed by atoms with Gasteiger partial charge in [0.2, 0.25) is 0 Å². The Hall–Kier alpha value is -0.810. The predicted molar refractivity (Wildman–Crippen MR) is 56.2 cm³/mol. The van der Waals surface area contributed by atoms with Gasteiger partial charge < -0.3 is 5.32 Å². The van der Waals surface area contributed by atoms with E-state index in [1.807, 2.05) is 6.92 Å². The van der Waals surface area contributed by atoms with Crippen molar-refractivity contribution in [2.24, 2.45) is 0 Å². The number of halogens is 2. The summed E-state index contributed by atoms with van der Waals surface area (Å²) in [6.45, 7) is 1.87. The Bertz CT molecular complexity index is 370. The summed E-state index contributed by atoms with van der Waals surface area (Å²) < 4.78 is 37.1. The standard InChI is InChI=1S/C10H13F2NOS/c1-7(13-2)6-15(14)8-3-4-9(11)10(12)5-8/h3-5,7,13H,6H2,1-2H3. The Balaban J connectivity index is 2.78. The van der Waals surface area contributed by atoms with Crippen LogP contribution in [0.15, 0.2) is 23.1 Å². The Kier molecular flexibility index (Phi) is 4.35. The Morgan fingerprint density at radius 3 is 2.60 bits per heavy atom. The van der Waals surface area contributed by atoms with Crippen molar-refractivity contribution in [1.29, 1.82) is 0 Å². The lowest BCUT2D eigenvalue weighted by molar-refractivity contribution is 0.505. The first-order valence-corrected chi connectivity index (χ1v) is 5.87. The van der Waals surface area contributed by atoms with E-state index in [4.69, 9.17) is 0 Å². The molecule has 0 aliphatic carbocycles. The zero-order chi connectivity index (χ0) is 11.4. The molecule has 2 atom stereocenters. The lowest BCUT2D eigenvalue weighted by Gasteiger charge is -2.09. The van der Waals surface area contributed by atoms with E-state index in [2.05, 4.69) is 5.32 Å². The molecule has 0 saturated carbocycles. The van der Waals surface area contributed by atoms with Crippen LogP contribution in [0.4, 0.5) is 8.78 Å². The molecule has 84 valence electrons. The van der Waals surface area contributed by atoms with Gasteiger partial charge in [-0.1, -0.05) is 0 Å². The molecule has 1 N–H and O–H groups in total.